The van der Waals surface area contributed by atoms with Crippen molar-refractivity contribution in [1.82, 2.24) is 0 Å². The standard InChI is InChI=1S/C20H28O6/c1-9-8-20(7)15-13(9)14(15)19(5,6)17(25-11(3)22)16(24-10(2)21)18(20)26-12(4)23/h8,13-18H,1-7H3/t13-,14+,15-,16-,17-,18-,20-/m1/s1. The molecule has 6 nitrogen and oxygen atoms in total. The Bertz CT molecular complexity index is 692. The van der Waals surface area contributed by atoms with Crippen molar-refractivity contribution in [3.05, 3.63) is 11.6 Å². The van der Waals surface area contributed by atoms with E-state index in [0.29, 0.717) is 5.92 Å². The molecule has 6 heteroatoms. The molecule has 0 spiro atoms. The number of rotatable bonds is 3. The van der Waals surface area contributed by atoms with Crippen molar-refractivity contribution in [2.75, 3.05) is 0 Å². The normalized spacial score (nSPS) is 42.0. The lowest BCUT2D eigenvalue weighted by atomic mass is 9.77. The van der Waals surface area contributed by atoms with Gasteiger partial charge in [-0.25, -0.2) is 0 Å². The van der Waals surface area contributed by atoms with Crippen molar-refractivity contribution >= 4 is 17.9 Å². The van der Waals surface area contributed by atoms with E-state index >= 15 is 0 Å². The molecular formula is C20H28O6. The summed E-state index contributed by atoms with van der Waals surface area (Å²) in [6, 6.07) is 0. The molecule has 0 heterocycles. The fourth-order valence-corrected chi connectivity index (χ4v) is 5.74. The second-order valence-electron chi connectivity index (χ2n) is 8.79. The quantitative estimate of drug-likeness (QED) is 0.435. The smallest absolute Gasteiger partial charge is 0.303 e. The molecule has 0 aliphatic heterocycles. The van der Waals surface area contributed by atoms with Gasteiger partial charge in [0.1, 0.15) is 6.10 Å². The maximum Gasteiger partial charge on any atom is 0.303 e. The van der Waals surface area contributed by atoms with E-state index in [4.69, 9.17) is 14.2 Å². The molecule has 7 atom stereocenters. The largest absolute Gasteiger partial charge is 0.458 e. The van der Waals surface area contributed by atoms with Crippen LogP contribution in [0.1, 0.15) is 48.5 Å². The zero-order chi connectivity index (χ0) is 19.6. The molecule has 0 aromatic rings. The number of hydrogen-bond donors (Lipinski definition) is 0. The highest BCUT2D eigenvalue weighted by Crippen LogP contribution is 2.74. The summed E-state index contributed by atoms with van der Waals surface area (Å²) >= 11 is 0. The van der Waals surface area contributed by atoms with E-state index in [-0.39, 0.29) is 11.8 Å². The van der Waals surface area contributed by atoms with Gasteiger partial charge in [0.05, 0.1) is 0 Å². The van der Waals surface area contributed by atoms with Gasteiger partial charge in [-0.2, -0.15) is 0 Å². The Hall–Kier alpha value is -1.85. The van der Waals surface area contributed by atoms with E-state index in [0.717, 1.165) is 0 Å². The van der Waals surface area contributed by atoms with Crippen LogP contribution in [-0.4, -0.2) is 36.2 Å². The molecular weight excluding hydrogens is 336 g/mol. The van der Waals surface area contributed by atoms with Crippen LogP contribution in [0.3, 0.4) is 0 Å². The molecule has 144 valence electrons. The first-order chi connectivity index (χ1) is 11.9. The third-order valence-electron chi connectivity index (χ3n) is 6.49. The minimum Gasteiger partial charge on any atom is -0.458 e. The van der Waals surface area contributed by atoms with Gasteiger partial charge < -0.3 is 14.2 Å². The Morgan fingerprint density at radius 1 is 0.846 bits per heavy atom. The number of allylic oxidation sites excluding steroid dienone is 1. The van der Waals surface area contributed by atoms with Gasteiger partial charge in [-0.15, -0.1) is 0 Å². The fourth-order valence-electron chi connectivity index (χ4n) is 5.74. The van der Waals surface area contributed by atoms with Crippen molar-refractivity contribution < 1.29 is 28.6 Å². The molecule has 0 bridgehead atoms. The van der Waals surface area contributed by atoms with Gasteiger partial charge in [0, 0.05) is 31.6 Å². The van der Waals surface area contributed by atoms with Gasteiger partial charge in [-0.3, -0.25) is 14.4 Å². The third kappa shape index (κ3) is 2.65. The van der Waals surface area contributed by atoms with Crippen molar-refractivity contribution in [2.45, 2.75) is 66.8 Å². The average Bonchev–Trinajstić information content (AvgIpc) is 3.19. The van der Waals surface area contributed by atoms with Gasteiger partial charge in [-0.1, -0.05) is 32.4 Å². The van der Waals surface area contributed by atoms with Crippen LogP contribution in [0.25, 0.3) is 0 Å². The number of esters is 3. The maximum absolute atomic E-state index is 11.9. The number of hydrogen-bond acceptors (Lipinski definition) is 6. The van der Waals surface area contributed by atoms with Crippen LogP contribution in [0.5, 0.6) is 0 Å². The van der Waals surface area contributed by atoms with E-state index in [2.05, 4.69) is 19.9 Å². The van der Waals surface area contributed by atoms with Gasteiger partial charge in [0.25, 0.3) is 0 Å². The lowest BCUT2D eigenvalue weighted by molar-refractivity contribution is -0.199. The minimum atomic E-state index is -0.851. The highest BCUT2D eigenvalue weighted by atomic mass is 16.6. The Morgan fingerprint density at radius 2 is 1.35 bits per heavy atom. The lowest BCUT2D eigenvalue weighted by Crippen LogP contribution is -2.54. The first kappa shape index (κ1) is 18.9. The zero-order valence-electron chi connectivity index (χ0n) is 16.5. The number of carbonyl (C=O) groups excluding carboxylic acids is 3. The molecule has 0 radical (unpaired) electrons. The summed E-state index contributed by atoms with van der Waals surface area (Å²) in [4.78, 5) is 35.6. The van der Waals surface area contributed by atoms with E-state index < -0.39 is 47.0 Å². The van der Waals surface area contributed by atoms with E-state index in [1.54, 1.807) is 0 Å². The Labute approximate surface area is 154 Å². The summed E-state index contributed by atoms with van der Waals surface area (Å²) < 4.78 is 17.0. The van der Waals surface area contributed by atoms with Crippen molar-refractivity contribution in [1.29, 1.82) is 0 Å². The molecule has 26 heavy (non-hydrogen) atoms. The second kappa shape index (κ2) is 5.83. The number of carbonyl (C=O) groups is 3. The van der Waals surface area contributed by atoms with Crippen molar-refractivity contribution in [2.24, 2.45) is 28.6 Å². The Kier molecular flexibility index (Phi) is 4.24. The molecule has 3 aliphatic carbocycles. The minimum absolute atomic E-state index is 0.278. The number of fused-ring (bicyclic) bond motifs is 1. The van der Waals surface area contributed by atoms with Crippen LogP contribution >= 0.6 is 0 Å². The molecule has 3 aliphatic rings. The van der Waals surface area contributed by atoms with E-state index in [1.165, 1.54) is 26.3 Å². The fraction of sp³-hybridized carbons (Fsp3) is 0.750. The Balaban J connectivity index is 2.15. The molecule has 0 amide bonds. The summed E-state index contributed by atoms with van der Waals surface area (Å²) in [6.45, 7) is 12.2. The van der Waals surface area contributed by atoms with Crippen LogP contribution in [0.4, 0.5) is 0 Å². The van der Waals surface area contributed by atoms with E-state index in [1.807, 2.05) is 13.8 Å². The summed E-state index contributed by atoms with van der Waals surface area (Å²) in [5.41, 5.74) is 0.377. The van der Waals surface area contributed by atoms with Gasteiger partial charge in [0.15, 0.2) is 12.2 Å². The van der Waals surface area contributed by atoms with E-state index in [9.17, 15) is 14.4 Å². The highest BCUT2D eigenvalue weighted by molar-refractivity contribution is 5.69. The summed E-state index contributed by atoms with van der Waals surface area (Å²) in [7, 11) is 0. The van der Waals surface area contributed by atoms with Crippen LogP contribution < -0.4 is 0 Å². The molecule has 3 rings (SSSR count). The molecule has 0 N–H and O–H groups in total. The van der Waals surface area contributed by atoms with Gasteiger partial charge in [0.2, 0.25) is 0 Å². The summed E-state index contributed by atoms with van der Waals surface area (Å²) in [5.74, 6) is -0.440. The highest BCUT2D eigenvalue weighted by Gasteiger charge is 2.75. The molecule has 0 aromatic carbocycles. The first-order valence-electron chi connectivity index (χ1n) is 9.12. The number of ether oxygens (including phenoxy) is 3. The zero-order valence-corrected chi connectivity index (χ0v) is 16.5. The van der Waals surface area contributed by atoms with Crippen LogP contribution in [-0.2, 0) is 28.6 Å². The summed E-state index contributed by atoms with van der Waals surface area (Å²) in [5, 5.41) is 0. The topological polar surface area (TPSA) is 78.9 Å². The summed E-state index contributed by atoms with van der Waals surface area (Å²) in [6.07, 6.45) is -0.0948. The molecule has 2 fully saturated rings. The molecule has 0 saturated heterocycles. The predicted molar refractivity (Wildman–Crippen MR) is 92.8 cm³/mol. The predicted octanol–water partition coefficient (Wildman–Crippen LogP) is 2.65. The first-order valence-corrected chi connectivity index (χ1v) is 9.12. The lowest BCUT2D eigenvalue weighted by Gasteiger charge is -2.41. The van der Waals surface area contributed by atoms with Crippen molar-refractivity contribution in [3.63, 3.8) is 0 Å². The second-order valence-corrected chi connectivity index (χ2v) is 8.79. The third-order valence-corrected chi connectivity index (χ3v) is 6.49. The van der Waals surface area contributed by atoms with Crippen LogP contribution in [0.2, 0.25) is 0 Å². The average molecular weight is 364 g/mol. The van der Waals surface area contributed by atoms with Crippen molar-refractivity contribution in [3.8, 4) is 0 Å². The molecule has 0 aromatic heterocycles. The molecule has 2 saturated carbocycles. The molecule has 0 unspecified atom stereocenters. The van der Waals surface area contributed by atoms with Gasteiger partial charge in [-0.05, 0) is 24.7 Å². The monoisotopic (exact) mass is 364 g/mol. The SMILES string of the molecule is CC(=O)O[C@@H]1[C@@H](OC(C)=O)C(C)(C)[C@H]2[C@H]3C(C)=C[C@](C)([C@H]32)[C@@H]1OC(C)=O. The van der Waals surface area contributed by atoms with Crippen LogP contribution in [0, 0.1) is 28.6 Å². The Morgan fingerprint density at radius 3 is 1.85 bits per heavy atom. The van der Waals surface area contributed by atoms with Crippen LogP contribution in [0.15, 0.2) is 11.6 Å². The van der Waals surface area contributed by atoms with Gasteiger partial charge >= 0.3 is 17.9 Å². The maximum atomic E-state index is 11.9.